The van der Waals surface area contributed by atoms with E-state index in [0.717, 1.165) is 31.2 Å². The second-order valence-electron chi connectivity index (χ2n) is 5.41. The lowest BCUT2D eigenvalue weighted by molar-refractivity contribution is -0.135. The minimum Gasteiger partial charge on any atom is -0.341 e. The number of carbonyl (C=O) groups is 1. The molecule has 1 amide bonds. The van der Waals surface area contributed by atoms with E-state index < -0.39 is 0 Å². The van der Waals surface area contributed by atoms with Gasteiger partial charge < -0.3 is 10.6 Å². The molecule has 112 valence electrons. The minimum absolute atomic E-state index is 0. The van der Waals surface area contributed by atoms with Crippen LogP contribution in [0.3, 0.4) is 0 Å². The molecule has 0 saturated heterocycles. The van der Waals surface area contributed by atoms with Crippen molar-refractivity contribution in [1.82, 2.24) is 4.90 Å². The number of amides is 1. The van der Waals surface area contributed by atoms with Crippen LogP contribution < -0.4 is 5.73 Å². The summed E-state index contributed by atoms with van der Waals surface area (Å²) < 4.78 is 0. The Balaban J connectivity index is 0.00000200. The van der Waals surface area contributed by atoms with Crippen LogP contribution in [0.2, 0.25) is 5.02 Å². The summed E-state index contributed by atoms with van der Waals surface area (Å²) >= 11 is 6.12. The normalized spacial score (nSPS) is 21.9. The zero-order chi connectivity index (χ0) is 13.8. The predicted molar refractivity (Wildman–Crippen MR) is 85.1 cm³/mol. The van der Waals surface area contributed by atoms with Crippen molar-refractivity contribution in [2.24, 2.45) is 11.7 Å². The van der Waals surface area contributed by atoms with Crippen molar-refractivity contribution in [3.8, 4) is 0 Å². The van der Waals surface area contributed by atoms with Crippen molar-refractivity contribution in [1.29, 1.82) is 0 Å². The number of hydrogen-bond acceptors (Lipinski definition) is 2. The van der Waals surface area contributed by atoms with Gasteiger partial charge >= 0.3 is 0 Å². The van der Waals surface area contributed by atoms with Crippen molar-refractivity contribution in [3.63, 3.8) is 0 Å². The molecule has 2 N–H and O–H groups in total. The fraction of sp³-hybridized carbons (Fsp3) is 0.533. The first-order valence-corrected chi connectivity index (χ1v) is 7.19. The standard InChI is InChI=1S/C15H21ClN2O.ClH/c1-18(10-12-5-2-3-8-14(12)16)15(19)11-6-4-7-13(17)9-11;/h2-3,5,8,11,13H,4,6-7,9-10,17H2,1H3;1H. The summed E-state index contributed by atoms with van der Waals surface area (Å²) in [7, 11) is 1.84. The molecule has 20 heavy (non-hydrogen) atoms. The van der Waals surface area contributed by atoms with Gasteiger partial charge in [0.15, 0.2) is 0 Å². The number of nitrogens with two attached hydrogens (primary N) is 1. The molecule has 0 spiro atoms. The second-order valence-corrected chi connectivity index (χ2v) is 5.82. The quantitative estimate of drug-likeness (QED) is 0.930. The Hall–Kier alpha value is -0.770. The SMILES string of the molecule is CN(Cc1ccccc1Cl)C(=O)C1CCCC(N)C1.Cl. The monoisotopic (exact) mass is 316 g/mol. The Labute approximate surface area is 131 Å². The summed E-state index contributed by atoms with van der Waals surface area (Å²) in [6, 6.07) is 7.82. The molecule has 2 rings (SSSR count). The molecule has 0 radical (unpaired) electrons. The maximum Gasteiger partial charge on any atom is 0.225 e. The van der Waals surface area contributed by atoms with Gasteiger partial charge in [-0.25, -0.2) is 0 Å². The van der Waals surface area contributed by atoms with E-state index in [9.17, 15) is 4.79 Å². The van der Waals surface area contributed by atoms with Crippen LogP contribution in [0.1, 0.15) is 31.2 Å². The molecule has 1 aromatic rings. The third kappa shape index (κ3) is 4.37. The highest BCUT2D eigenvalue weighted by Crippen LogP contribution is 2.25. The van der Waals surface area contributed by atoms with E-state index in [1.54, 1.807) is 4.90 Å². The molecule has 0 heterocycles. The maximum absolute atomic E-state index is 12.4. The maximum atomic E-state index is 12.4. The van der Waals surface area contributed by atoms with Gasteiger partial charge in [-0.15, -0.1) is 12.4 Å². The van der Waals surface area contributed by atoms with Crippen LogP contribution in [0, 0.1) is 5.92 Å². The molecule has 0 aliphatic heterocycles. The van der Waals surface area contributed by atoms with Crippen LogP contribution in [-0.4, -0.2) is 23.9 Å². The van der Waals surface area contributed by atoms with Crippen LogP contribution in [0.4, 0.5) is 0 Å². The lowest BCUT2D eigenvalue weighted by Gasteiger charge is -2.29. The summed E-state index contributed by atoms with van der Waals surface area (Å²) in [6.07, 6.45) is 3.86. The number of hydrogen-bond donors (Lipinski definition) is 1. The molecule has 5 heteroatoms. The van der Waals surface area contributed by atoms with Crippen LogP contribution in [0.15, 0.2) is 24.3 Å². The second kappa shape index (κ2) is 7.87. The molecule has 1 aliphatic rings. The van der Waals surface area contributed by atoms with E-state index >= 15 is 0 Å². The Bertz CT molecular complexity index is 453. The third-order valence-electron chi connectivity index (χ3n) is 3.81. The smallest absolute Gasteiger partial charge is 0.225 e. The number of benzene rings is 1. The van der Waals surface area contributed by atoms with Crippen LogP contribution in [-0.2, 0) is 11.3 Å². The van der Waals surface area contributed by atoms with E-state index in [4.69, 9.17) is 17.3 Å². The lowest BCUT2D eigenvalue weighted by Crippen LogP contribution is -2.38. The topological polar surface area (TPSA) is 46.3 Å². The Morgan fingerprint density at radius 1 is 1.40 bits per heavy atom. The molecule has 3 nitrogen and oxygen atoms in total. The van der Waals surface area contributed by atoms with Crippen LogP contribution in [0.25, 0.3) is 0 Å². The Kier molecular flexibility index (Phi) is 6.80. The van der Waals surface area contributed by atoms with E-state index in [1.807, 2.05) is 31.3 Å². The minimum atomic E-state index is 0. The van der Waals surface area contributed by atoms with Crippen molar-refractivity contribution in [2.75, 3.05) is 7.05 Å². The largest absolute Gasteiger partial charge is 0.341 e. The predicted octanol–water partition coefficient (Wildman–Crippen LogP) is 3.24. The first-order chi connectivity index (χ1) is 9.08. The lowest BCUT2D eigenvalue weighted by atomic mass is 9.85. The molecule has 1 aromatic carbocycles. The number of carbonyl (C=O) groups excluding carboxylic acids is 1. The van der Waals surface area contributed by atoms with Gasteiger partial charge in [0.25, 0.3) is 0 Å². The molecule has 2 atom stereocenters. The molecule has 2 unspecified atom stereocenters. The molecule has 1 saturated carbocycles. The summed E-state index contributed by atoms with van der Waals surface area (Å²) in [5.74, 6) is 0.270. The molecular weight excluding hydrogens is 295 g/mol. The van der Waals surface area contributed by atoms with Crippen molar-refractivity contribution < 1.29 is 4.79 Å². The highest BCUT2D eigenvalue weighted by molar-refractivity contribution is 6.31. The molecular formula is C15H22Cl2N2O. The van der Waals surface area contributed by atoms with Gasteiger partial charge in [-0.1, -0.05) is 36.2 Å². The fourth-order valence-electron chi connectivity index (χ4n) is 2.72. The van der Waals surface area contributed by atoms with E-state index in [-0.39, 0.29) is 30.3 Å². The zero-order valence-corrected chi connectivity index (χ0v) is 13.3. The van der Waals surface area contributed by atoms with Gasteiger partial charge in [-0.3, -0.25) is 4.79 Å². The Morgan fingerprint density at radius 2 is 2.10 bits per heavy atom. The molecule has 0 aromatic heterocycles. The van der Waals surface area contributed by atoms with E-state index in [1.165, 1.54) is 0 Å². The van der Waals surface area contributed by atoms with Crippen molar-refractivity contribution in [2.45, 2.75) is 38.3 Å². The van der Waals surface area contributed by atoms with Crippen molar-refractivity contribution >= 4 is 29.9 Å². The third-order valence-corrected chi connectivity index (χ3v) is 4.17. The van der Waals surface area contributed by atoms with E-state index in [2.05, 4.69) is 0 Å². The summed E-state index contributed by atoms with van der Waals surface area (Å²) in [4.78, 5) is 14.2. The number of nitrogens with zero attached hydrogens (tertiary/aromatic N) is 1. The average Bonchev–Trinajstić information content (AvgIpc) is 2.40. The first-order valence-electron chi connectivity index (χ1n) is 6.82. The molecule has 1 fully saturated rings. The summed E-state index contributed by atoms with van der Waals surface area (Å²) in [5, 5.41) is 0.711. The van der Waals surface area contributed by atoms with Gasteiger partial charge in [0.2, 0.25) is 5.91 Å². The molecule has 0 bridgehead atoms. The fourth-order valence-corrected chi connectivity index (χ4v) is 2.92. The number of rotatable bonds is 3. The van der Waals surface area contributed by atoms with Crippen LogP contribution >= 0.6 is 24.0 Å². The zero-order valence-electron chi connectivity index (χ0n) is 11.7. The van der Waals surface area contributed by atoms with Gasteiger partial charge in [0.05, 0.1) is 0 Å². The summed E-state index contributed by atoms with van der Waals surface area (Å²) in [5.41, 5.74) is 6.93. The van der Waals surface area contributed by atoms with E-state index in [0.29, 0.717) is 11.6 Å². The van der Waals surface area contributed by atoms with Gasteiger partial charge in [-0.05, 0) is 30.9 Å². The first kappa shape index (κ1) is 17.3. The van der Waals surface area contributed by atoms with Gasteiger partial charge in [0, 0.05) is 30.6 Å². The highest BCUT2D eigenvalue weighted by Gasteiger charge is 2.27. The Morgan fingerprint density at radius 3 is 2.75 bits per heavy atom. The van der Waals surface area contributed by atoms with Gasteiger partial charge in [-0.2, -0.15) is 0 Å². The van der Waals surface area contributed by atoms with Crippen LogP contribution in [0.5, 0.6) is 0 Å². The highest BCUT2D eigenvalue weighted by atomic mass is 35.5. The van der Waals surface area contributed by atoms with Gasteiger partial charge in [0.1, 0.15) is 0 Å². The van der Waals surface area contributed by atoms with Crippen molar-refractivity contribution in [3.05, 3.63) is 34.9 Å². The summed E-state index contributed by atoms with van der Waals surface area (Å²) in [6.45, 7) is 0.560. The average molecular weight is 317 g/mol. The number of halogens is 2. The molecule has 1 aliphatic carbocycles.